The van der Waals surface area contributed by atoms with Crippen molar-refractivity contribution >= 4 is 17.6 Å². The summed E-state index contributed by atoms with van der Waals surface area (Å²) in [7, 11) is 2.98. The predicted molar refractivity (Wildman–Crippen MR) is 93.5 cm³/mol. The number of carbonyl (C=O) groups is 2. The van der Waals surface area contributed by atoms with E-state index in [1.54, 1.807) is 25.3 Å². The van der Waals surface area contributed by atoms with E-state index < -0.39 is 0 Å². The number of hydrogen-bond acceptors (Lipinski definition) is 5. The molecule has 2 aromatic rings. The zero-order chi connectivity index (χ0) is 17.8. The molecule has 3 rings (SSSR count). The first-order valence-electron chi connectivity index (χ1n) is 7.95. The zero-order valence-corrected chi connectivity index (χ0v) is 14.2. The van der Waals surface area contributed by atoms with E-state index in [0.717, 1.165) is 22.6 Å². The molecule has 2 aromatic carbocycles. The molecule has 0 spiro atoms. The molecule has 0 atom stereocenters. The molecule has 0 saturated carbocycles. The molecule has 0 fully saturated rings. The highest BCUT2D eigenvalue weighted by Crippen LogP contribution is 2.24. The van der Waals surface area contributed by atoms with Crippen molar-refractivity contribution in [1.29, 1.82) is 0 Å². The summed E-state index contributed by atoms with van der Waals surface area (Å²) in [6.07, 6.45) is 0. The number of nitrogens with zero attached hydrogens (tertiary/aromatic N) is 1. The molecule has 25 heavy (non-hydrogen) atoms. The van der Waals surface area contributed by atoms with Crippen molar-refractivity contribution in [2.75, 3.05) is 26.1 Å². The number of carbonyl (C=O) groups excluding carboxylic acids is 2. The Morgan fingerprint density at radius 3 is 2.56 bits per heavy atom. The third-order valence-corrected chi connectivity index (χ3v) is 4.13. The van der Waals surface area contributed by atoms with Crippen molar-refractivity contribution in [3.05, 3.63) is 59.2 Å². The normalized spacial score (nSPS) is 14.2. The number of fused-ring (bicyclic) bond motifs is 1. The number of nitrogens with one attached hydrogen (secondary N) is 1. The van der Waals surface area contributed by atoms with Crippen molar-refractivity contribution in [1.82, 2.24) is 4.90 Å². The Hall–Kier alpha value is -2.86. The van der Waals surface area contributed by atoms with Crippen LogP contribution in [0.3, 0.4) is 0 Å². The second-order valence-corrected chi connectivity index (χ2v) is 5.90. The predicted octanol–water partition coefficient (Wildman–Crippen LogP) is 2.44. The van der Waals surface area contributed by atoms with Gasteiger partial charge in [0.15, 0.2) is 0 Å². The molecule has 0 bridgehead atoms. The number of rotatable bonds is 4. The second kappa shape index (κ2) is 7.36. The lowest BCUT2D eigenvalue weighted by Crippen LogP contribution is -2.29. The summed E-state index contributed by atoms with van der Waals surface area (Å²) in [5, 5.41) is 2.89. The van der Waals surface area contributed by atoms with E-state index in [2.05, 4.69) is 5.32 Å². The highest BCUT2D eigenvalue weighted by atomic mass is 16.5. The van der Waals surface area contributed by atoms with E-state index >= 15 is 0 Å². The zero-order valence-electron chi connectivity index (χ0n) is 14.2. The van der Waals surface area contributed by atoms with Crippen LogP contribution in [0.25, 0.3) is 0 Å². The fourth-order valence-electron chi connectivity index (χ4n) is 2.88. The van der Waals surface area contributed by atoms with Gasteiger partial charge in [0, 0.05) is 18.8 Å². The Labute approximate surface area is 146 Å². The van der Waals surface area contributed by atoms with Gasteiger partial charge >= 0.3 is 5.97 Å². The van der Waals surface area contributed by atoms with Gasteiger partial charge in [0.1, 0.15) is 5.75 Å². The van der Waals surface area contributed by atoms with E-state index in [4.69, 9.17) is 9.47 Å². The van der Waals surface area contributed by atoms with Gasteiger partial charge < -0.3 is 14.8 Å². The van der Waals surface area contributed by atoms with Crippen LogP contribution in [0.4, 0.5) is 5.69 Å². The summed E-state index contributed by atoms with van der Waals surface area (Å²) in [6.45, 7) is 1.47. The second-order valence-electron chi connectivity index (χ2n) is 5.90. The first-order chi connectivity index (χ1) is 12.1. The maximum Gasteiger partial charge on any atom is 0.337 e. The summed E-state index contributed by atoms with van der Waals surface area (Å²) in [6, 6.07) is 12.9. The lowest BCUT2D eigenvalue weighted by Gasteiger charge is -2.19. The average Bonchev–Trinajstić information content (AvgIpc) is 2.78. The van der Waals surface area contributed by atoms with Crippen molar-refractivity contribution in [2.24, 2.45) is 0 Å². The molecule has 0 saturated heterocycles. The van der Waals surface area contributed by atoms with Crippen LogP contribution in [-0.4, -0.2) is 37.5 Å². The van der Waals surface area contributed by atoms with Gasteiger partial charge in [0.05, 0.1) is 26.3 Å². The molecule has 1 heterocycles. The number of anilines is 1. The van der Waals surface area contributed by atoms with Crippen LogP contribution < -0.4 is 10.1 Å². The first kappa shape index (κ1) is 17.0. The van der Waals surface area contributed by atoms with Crippen molar-refractivity contribution in [3.8, 4) is 5.75 Å². The SMILES string of the molecule is COC(=O)c1ccc2c(c1)CN(Cc1ccc(OC)cc1)CC(=O)N2. The van der Waals surface area contributed by atoms with E-state index in [9.17, 15) is 9.59 Å². The highest BCUT2D eigenvalue weighted by Gasteiger charge is 2.20. The Balaban J connectivity index is 1.82. The third kappa shape index (κ3) is 3.97. The Bertz CT molecular complexity index is 787. The largest absolute Gasteiger partial charge is 0.497 e. The molecule has 0 unspecified atom stereocenters. The lowest BCUT2D eigenvalue weighted by atomic mass is 10.1. The van der Waals surface area contributed by atoms with Gasteiger partial charge in [0.25, 0.3) is 0 Å². The summed E-state index contributed by atoms with van der Waals surface area (Å²) >= 11 is 0. The molecule has 1 aliphatic rings. The quantitative estimate of drug-likeness (QED) is 0.866. The summed E-state index contributed by atoms with van der Waals surface area (Å²) in [5.41, 5.74) is 3.18. The number of hydrogen-bond donors (Lipinski definition) is 1. The monoisotopic (exact) mass is 340 g/mol. The van der Waals surface area contributed by atoms with Gasteiger partial charge in [-0.15, -0.1) is 0 Å². The molecular weight excluding hydrogens is 320 g/mol. The van der Waals surface area contributed by atoms with E-state index in [0.29, 0.717) is 18.7 Å². The van der Waals surface area contributed by atoms with Crippen molar-refractivity contribution in [2.45, 2.75) is 13.1 Å². The Morgan fingerprint density at radius 1 is 1.12 bits per heavy atom. The molecule has 130 valence electrons. The number of amides is 1. The van der Waals surface area contributed by atoms with Crippen LogP contribution in [0.15, 0.2) is 42.5 Å². The maximum atomic E-state index is 12.2. The van der Waals surface area contributed by atoms with Crippen LogP contribution in [0.1, 0.15) is 21.5 Å². The van der Waals surface area contributed by atoms with Crippen molar-refractivity contribution < 1.29 is 19.1 Å². The molecular formula is C19H20N2O4. The van der Waals surface area contributed by atoms with E-state index in [1.165, 1.54) is 7.11 Å². The highest BCUT2D eigenvalue weighted by molar-refractivity contribution is 5.95. The van der Waals surface area contributed by atoms with Crippen LogP contribution in [0, 0.1) is 0 Å². The van der Waals surface area contributed by atoms with Gasteiger partial charge in [-0.2, -0.15) is 0 Å². The van der Waals surface area contributed by atoms with Crippen LogP contribution in [0.5, 0.6) is 5.75 Å². The number of benzene rings is 2. The standard InChI is InChI=1S/C19H20N2O4/c1-24-16-6-3-13(4-7-16)10-21-11-15-9-14(19(23)25-2)5-8-17(15)20-18(22)12-21/h3-9H,10-12H2,1-2H3,(H,20,22). The molecule has 0 aromatic heterocycles. The minimum Gasteiger partial charge on any atom is -0.497 e. The summed E-state index contributed by atoms with van der Waals surface area (Å²) < 4.78 is 9.94. The van der Waals surface area contributed by atoms with Gasteiger partial charge in [0.2, 0.25) is 5.91 Å². The lowest BCUT2D eigenvalue weighted by molar-refractivity contribution is -0.117. The summed E-state index contributed by atoms with van der Waals surface area (Å²) in [4.78, 5) is 25.9. The van der Waals surface area contributed by atoms with Crippen molar-refractivity contribution in [3.63, 3.8) is 0 Å². The minimum absolute atomic E-state index is 0.0712. The average molecular weight is 340 g/mol. The molecule has 1 N–H and O–H groups in total. The number of methoxy groups -OCH3 is 2. The fourth-order valence-corrected chi connectivity index (χ4v) is 2.88. The smallest absolute Gasteiger partial charge is 0.337 e. The Kier molecular flexibility index (Phi) is 5.00. The maximum absolute atomic E-state index is 12.2. The van der Waals surface area contributed by atoms with Gasteiger partial charge in [-0.3, -0.25) is 9.69 Å². The van der Waals surface area contributed by atoms with Crippen LogP contribution >= 0.6 is 0 Å². The molecule has 1 amide bonds. The molecule has 1 aliphatic heterocycles. The number of esters is 1. The van der Waals surface area contributed by atoms with Gasteiger partial charge in [-0.05, 0) is 41.5 Å². The summed E-state index contributed by atoms with van der Waals surface area (Å²) in [5.74, 6) is 0.337. The van der Waals surface area contributed by atoms with Crippen LogP contribution in [-0.2, 0) is 22.6 Å². The topological polar surface area (TPSA) is 67.9 Å². The van der Waals surface area contributed by atoms with E-state index in [-0.39, 0.29) is 18.4 Å². The first-order valence-corrected chi connectivity index (χ1v) is 7.95. The molecule has 0 radical (unpaired) electrons. The molecule has 6 heteroatoms. The molecule has 0 aliphatic carbocycles. The molecule has 6 nitrogen and oxygen atoms in total. The minimum atomic E-state index is -0.389. The third-order valence-electron chi connectivity index (χ3n) is 4.13. The van der Waals surface area contributed by atoms with Gasteiger partial charge in [-0.25, -0.2) is 4.79 Å². The van der Waals surface area contributed by atoms with Gasteiger partial charge in [-0.1, -0.05) is 12.1 Å². The number of ether oxygens (including phenoxy) is 2. The Morgan fingerprint density at radius 2 is 1.88 bits per heavy atom. The van der Waals surface area contributed by atoms with E-state index in [1.807, 2.05) is 29.2 Å². The fraction of sp³-hybridized carbons (Fsp3) is 0.263. The van der Waals surface area contributed by atoms with Crippen LogP contribution in [0.2, 0.25) is 0 Å².